The molecule has 1 atom stereocenters. The van der Waals surface area contributed by atoms with Crippen LogP contribution in [0.1, 0.15) is 6.42 Å². The third kappa shape index (κ3) is 3.31. The van der Waals surface area contributed by atoms with E-state index in [-0.39, 0.29) is 6.04 Å². The summed E-state index contributed by atoms with van der Waals surface area (Å²) < 4.78 is 0. The minimum absolute atomic E-state index is 0.00926. The topological polar surface area (TPSA) is 52.0 Å². The predicted molar refractivity (Wildman–Crippen MR) is 30.5 cm³/mol. The molecule has 2 nitrogen and oxygen atoms in total. The Morgan fingerprint density at radius 2 is 2.29 bits per heavy atom. The van der Waals surface area contributed by atoms with Gasteiger partial charge in [0.2, 0.25) is 0 Å². The van der Waals surface area contributed by atoms with Crippen LogP contribution in [0.2, 0.25) is 0 Å². The molecule has 0 fully saturated rings. The van der Waals surface area contributed by atoms with Gasteiger partial charge in [-0.1, -0.05) is 0 Å². The molecule has 4 N–H and O–H groups in total. The molecule has 0 saturated carbocycles. The lowest BCUT2D eigenvalue weighted by atomic mass is 10.2. The van der Waals surface area contributed by atoms with Gasteiger partial charge in [0.25, 0.3) is 0 Å². The second kappa shape index (κ2) is 3.66. The molecule has 0 saturated heterocycles. The molecule has 0 bridgehead atoms. The van der Waals surface area contributed by atoms with Gasteiger partial charge in [-0.05, 0) is 0 Å². The number of hydrogen-bond acceptors (Lipinski definition) is 2. The fourth-order valence-electron chi connectivity index (χ4n) is 0.235. The largest absolute Gasteiger partial charge is 0.329 e. The fourth-order valence-corrected chi connectivity index (χ4v) is 0.235. The van der Waals surface area contributed by atoms with E-state index in [1.807, 2.05) is 0 Å². The minimum Gasteiger partial charge on any atom is -0.329 e. The summed E-state index contributed by atoms with van der Waals surface area (Å²) in [6.45, 7) is 0.476. The molecule has 1 unspecified atom stereocenters. The molecule has 0 amide bonds. The van der Waals surface area contributed by atoms with E-state index in [0.717, 1.165) is 0 Å². The molecule has 0 rings (SSSR count). The Morgan fingerprint density at radius 3 is 2.43 bits per heavy atom. The van der Waals surface area contributed by atoms with Gasteiger partial charge >= 0.3 is 0 Å². The molecule has 0 aliphatic rings. The normalized spacial score (nSPS) is 12.7. The van der Waals surface area contributed by atoms with Crippen molar-refractivity contribution in [3.05, 3.63) is 0 Å². The average Bonchev–Trinajstić information content (AvgIpc) is 1.68. The monoisotopic (exact) mass is 98.1 g/mol. The Balaban J connectivity index is 3.03. The maximum Gasteiger partial charge on any atom is 0.0274 e. The van der Waals surface area contributed by atoms with Crippen LogP contribution in [0.15, 0.2) is 0 Å². The van der Waals surface area contributed by atoms with Crippen LogP contribution in [0.5, 0.6) is 0 Å². The van der Waals surface area contributed by atoms with Crippen molar-refractivity contribution in [2.75, 3.05) is 6.54 Å². The van der Waals surface area contributed by atoms with Gasteiger partial charge in [-0.2, -0.15) is 0 Å². The first-order chi connectivity index (χ1) is 3.31. The summed E-state index contributed by atoms with van der Waals surface area (Å²) in [7, 11) is 0. The summed E-state index contributed by atoms with van der Waals surface area (Å²) in [5.41, 5.74) is 10.5. The molecule has 7 heavy (non-hydrogen) atoms. The lowest BCUT2D eigenvalue weighted by Crippen LogP contribution is -2.28. The summed E-state index contributed by atoms with van der Waals surface area (Å²) in [4.78, 5) is 0. The van der Waals surface area contributed by atoms with Crippen molar-refractivity contribution in [2.24, 2.45) is 11.5 Å². The van der Waals surface area contributed by atoms with Gasteiger partial charge in [-0.3, -0.25) is 0 Å². The van der Waals surface area contributed by atoms with Crippen molar-refractivity contribution in [3.63, 3.8) is 0 Å². The number of terminal acetylenes is 1. The van der Waals surface area contributed by atoms with E-state index < -0.39 is 0 Å². The molecule has 0 heterocycles. The van der Waals surface area contributed by atoms with E-state index in [9.17, 15) is 0 Å². The molecule has 0 aliphatic heterocycles. The highest BCUT2D eigenvalue weighted by Gasteiger charge is 1.91. The Labute approximate surface area is 43.9 Å². The Hall–Kier alpha value is -0.520. The van der Waals surface area contributed by atoms with Gasteiger partial charge < -0.3 is 11.5 Å². The molecule has 40 valence electrons. The molecule has 0 aromatic heterocycles. The summed E-state index contributed by atoms with van der Waals surface area (Å²) in [5, 5.41) is 0. The van der Waals surface area contributed by atoms with Gasteiger partial charge in [0.05, 0.1) is 0 Å². The van der Waals surface area contributed by atoms with E-state index in [1.54, 1.807) is 0 Å². The Kier molecular flexibility index (Phi) is 3.39. The van der Waals surface area contributed by atoms with Gasteiger partial charge in [-0.15, -0.1) is 12.3 Å². The molecular formula is C5H10N2. The Bertz CT molecular complexity index is 72.6. The second-order valence-electron chi connectivity index (χ2n) is 1.40. The van der Waals surface area contributed by atoms with Crippen LogP contribution in [0.25, 0.3) is 0 Å². The quantitative estimate of drug-likeness (QED) is 0.448. The van der Waals surface area contributed by atoms with Crippen LogP contribution in [0.3, 0.4) is 0 Å². The van der Waals surface area contributed by atoms with E-state index in [4.69, 9.17) is 17.9 Å². The van der Waals surface area contributed by atoms with Crippen LogP contribution in [-0.4, -0.2) is 12.6 Å². The van der Waals surface area contributed by atoms with Crippen molar-refractivity contribution >= 4 is 0 Å². The van der Waals surface area contributed by atoms with E-state index >= 15 is 0 Å². The van der Waals surface area contributed by atoms with Crippen LogP contribution >= 0.6 is 0 Å². The van der Waals surface area contributed by atoms with Crippen molar-refractivity contribution < 1.29 is 0 Å². The maximum atomic E-state index is 5.32. The molecule has 0 aromatic carbocycles. The highest BCUT2D eigenvalue weighted by atomic mass is 14.7. The first-order valence-corrected chi connectivity index (χ1v) is 2.20. The lowest BCUT2D eigenvalue weighted by molar-refractivity contribution is 0.704. The minimum atomic E-state index is -0.00926. The standard InChI is InChI=1S/C5H10N2/c1-2-3-5(7)4-6/h1,5H,3-4,6-7H2. The van der Waals surface area contributed by atoms with E-state index in [0.29, 0.717) is 13.0 Å². The number of rotatable bonds is 2. The van der Waals surface area contributed by atoms with Crippen molar-refractivity contribution in [2.45, 2.75) is 12.5 Å². The van der Waals surface area contributed by atoms with Crippen LogP contribution in [0, 0.1) is 12.3 Å². The molecule has 0 spiro atoms. The second-order valence-corrected chi connectivity index (χ2v) is 1.40. The van der Waals surface area contributed by atoms with E-state index in [2.05, 4.69) is 5.92 Å². The third-order valence-electron chi connectivity index (χ3n) is 0.683. The summed E-state index contributed by atoms with van der Waals surface area (Å²) >= 11 is 0. The number of hydrogen-bond donors (Lipinski definition) is 2. The SMILES string of the molecule is C#CCC(N)CN. The smallest absolute Gasteiger partial charge is 0.0274 e. The van der Waals surface area contributed by atoms with Crippen molar-refractivity contribution in [3.8, 4) is 12.3 Å². The average molecular weight is 98.1 g/mol. The molecule has 0 aromatic rings. The molecule has 0 radical (unpaired) electrons. The van der Waals surface area contributed by atoms with E-state index in [1.165, 1.54) is 0 Å². The van der Waals surface area contributed by atoms with Gasteiger partial charge in [0.1, 0.15) is 0 Å². The lowest BCUT2D eigenvalue weighted by Gasteiger charge is -1.99. The zero-order valence-electron chi connectivity index (χ0n) is 4.22. The molecule has 2 heteroatoms. The highest BCUT2D eigenvalue weighted by molar-refractivity contribution is 4.88. The zero-order valence-corrected chi connectivity index (χ0v) is 4.22. The summed E-state index contributed by atoms with van der Waals surface area (Å²) in [6.07, 6.45) is 5.50. The van der Waals surface area contributed by atoms with Gasteiger partial charge in [-0.25, -0.2) is 0 Å². The third-order valence-corrected chi connectivity index (χ3v) is 0.683. The van der Waals surface area contributed by atoms with Crippen molar-refractivity contribution in [1.82, 2.24) is 0 Å². The Morgan fingerprint density at radius 1 is 1.71 bits per heavy atom. The predicted octanol–water partition coefficient (Wildman–Crippen LogP) is -0.704. The van der Waals surface area contributed by atoms with Crippen LogP contribution in [-0.2, 0) is 0 Å². The van der Waals surface area contributed by atoms with Crippen LogP contribution < -0.4 is 11.5 Å². The van der Waals surface area contributed by atoms with Crippen LogP contribution in [0.4, 0.5) is 0 Å². The zero-order chi connectivity index (χ0) is 5.70. The van der Waals surface area contributed by atoms with Gasteiger partial charge in [0, 0.05) is 19.0 Å². The summed E-state index contributed by atoms with van der Waals surface area (Å²) in [6, 6.07) is -0.00926. The summed E-state index contributed by atoms with van der Waals surface area (Å²) in [5.74, 6) is 2.41. The fraction of sp³-hybridized carbons (Fsp3) is 0.600. The number of nitrogens with two attached hydrogens (primary N) is 2. The first kappa shape index (κ1) is 6.48. The first-order valence-electron chi connectivity index (χ1n) is 2.20. The molecular weight excluding hydrogens is 88.1 g/mol. The molecule has 0 aliphatic carbocycles. The highest BCUT2D eigenvalue weighted by Crippen LogP contribution is 1.78. The van der Waals surface area contributed by atoms with Crippen molar-refractivity contribution in [1.29, 1.82) is 0 Å². The van der Waals surface area contributed by atoms with Gasteiger partial charge in [0.15, 0.2) is 0 Å². The maximum absolute atomic E-state index is 5.32.